The lowest BCUT2D eigenvalue weighted by Crippen LogP contribution is -2.39. The number of hydrogen-bond donors (Lipinski definition) is 0. The normalized spacial score (nSPS) is 14.8. The first-order valence-corrected chi connectivity index (χ1v) is 11.3. The molecule has 0 saturated heterocycles. The second kappa shape index (κ2) is 11.1. The summed E-state index contributed by atoms with van der Waals surface area (Å²) in [5.41, 5.74) is 5.61. The van der Waals surface area contributed by atoms with Crippen LogP contribution in [0.1, 0.15) is 16.7 Å². The number of carbonyl (C=O) groups excluding carboxylic acids is 1. The Balaban J connectivity index is 1.63. The van der Waals surface area contributed by atoms with Crippen molar-refractivity contribution in [3.63, 3.8) is 0 Å². The fourth-order valence-electron chi connectivity index (χ4n) is 4.00. The third kappa shape index (κ3) is 6.40. The molecule has 2 heterocycles. The predicted octanol–water partition coefficient (Wildman–Crippen LogP) is 3.64. The van der Waals surface area contributed by atoms with Crippen LogP contribution in [0.3, 0.4) is 0 Å². The molecule has 6 nitrogen and oxygen atoms in total. The van der Waals surface area contributed by atoms with E-state index in [4.69, 9.17) is 9.47 Å². The fraction of sp³-hybridized carbons (Fsp3) is 0.333. The molecule has 0 fully saturated rings. The smallest absolute Gasteiger partial charge is 0.237 e. The zero-order valence-electron chi connectivity index (χ0n) is 19.4. The van der Waals surface area contributed by atoms with Crippen molar-refractivity contribution in [2.24, 2.45) is 0 Å². The molecule has 1 aliphatic heterocycles. The van der Waals surface area contributed by atoms with Crippen molar-refractivity contribution >= 4 is 5.91 Å². The molecule has 2 bridgehead atoms. The van der Waals surface area contributed by atoms with Crippen molar-refractivity contribution in [2.45, 2.75) is 13.0 Å². The predicted molar refractivity (Wildman–Crippen MR) is 129 cm³/mol. The van der Waals surface area contributed by atoms with E-state index in [1.54, 1.807) is 6.20 Å². The summed E-state index contributed by atoms with van der Waals surface area (Å²) in [5, 5.41) is 0. The number of pyridine rings is 1. The Bertz CT molecular complexity index is 1070. The summed E-state index contributed by atoms with van der Waals surface area (Å²) in [7, 11) is 3.82. The lowest BCUT2D eigenvalue weighted by molar-refractivity contribution is -0.133. The third-order valence-corrected chi connectivity index (χ3v) is 5.61. The van der Waals surface area contributed by atoms with Crippen LogP contribution in [-0.2, 0) is 22.5 Å². The summed E-state index contributed by atoms with van der Waals surface area (Å²) >= 11 is 0. The zero-order chi connectivity index (χ0) is 23.0. The van der Waals surface area contributed by atoms with Crippen LogP contribution in [-0.4, -0.2) is 67.7 Å². The van der Waals surface area contributed by atoms with Gasteiger partial charge in [-0.3, -0.25) is 9.78 Å². The molecular formula is C27H31N3O3. The quantitative estimate of drug-likeness (QED) is 0.616. The van der Waals surface area contributed by atoms with Crippen LogP contribution in [0.15, 0.2) is 67.0 Å². The Labute approximate surface area is 195 Å². The second-order valence-electron chi connectivity index (χ2n) is 8.57. The van der Waals surface area contributed by atoms with E-state index in [9.17, 15) is 4.79 Å². The molecule has 0 spiro atoms. The molecule has 4 rings (SSSR count). The van der Waals surface area contributed by atoms with Gasteiger partial charge in [0.2, 0.25) is 5.91 Å². The van der Waals surface area contributed by atoms with E-state index < -0.39 is 0 Å². The van der Waals surface area contributed by atoms with Crippen molar-refractivity contribution in [3.8, 4) is 16.9 Å². The maximum Gasteiger partial charge on any atom is 0.237 e. The van der Waals surface area contributed by atoms with Crippen molar-refractivity contribution < 1.29 is 14.3 Å². The van der Waals surface area contributed by atoms with Gasteiger partial charge < -0.3 is 19.3 Å². The third-order valence-electron chi connectivity index (χ3n) is 5.61. The largest absolute Gasteiger partial charge is 0.491 e. The van der Waals surface area contributed by atoms with Gasteiger partial charge in [-0.2, -0.15) is 0 Å². The van der Waals surface area contributed by atoms with Gasteiger partial charge in [-0.1, -0.05) is 36.4 Å². The number of ether oxygens (including phenoxy) is 2. The van der Waals surface area contributed by atoms with Gasteiger partial charge in [0.15, 0.2) is 0 Å². The van der Waals surface area contributed by atoms with Crippen LogP contribution in [0.25, 0.3) is 11.1 Å². The number of amides is 1. The summed E-state index contributed by atoms with van der Waals surface area (Å²) in [6, 6.07) is 18.8. The maximum absolute atomic E-state index is 12.8. The average molecular weight is 446 g/mol. The summed E-state index contributed by atoms with van der Waals surface area (Å²) in [5.74, 6) is 0.972. The number of likely N-dealkylation sites (N-methyl/N-ethyl adjacent to an activating group) is 1. The zero-order valence-corrected chi connectivity index (χ0v) is 19.4. The fourth-order valence-corrected chi connectivity index (χ4v) is 4.00. The molecule has 1 amide bonds. The van der Waals surface area contributed by atoms with Gasteiger partial charge in [-0.05, 0) is 54.5 Å². The lowest BCUT2D eigenvalue weighted by Gasteiger charge is -2.25. The Morgan fingerprint density at radius 2 is 1.88 bits per heavy atom. The average Bonchev–Trinajstić information content (AvgIpc) is 2.81. The van der Waals surface area contributed by atoms with E-state index in [-0.39, 0.29) is 5.91 Å². The Kier molecular flexibility index (Phi) is 7.70. The molecule has 1 aliphatic rings. The number of nitrogens with zero attached hydrogens (tertiary/aromatic N) is 3. The minimum atomic E-state index is 0.101. The van der Waals surface area contributed by atoms with E-state index >= 15 is 0 Å². The minimum Gasteiger partial charge on any atom is -0.491 e. The van der Waals surface area contributed by atoms with Crippen molar-refractivity contribution in [3.05, 3.63) is 83.7 Å². The summed E-state index contributed by atoms with van der Waals surface area (Å²) in [4.78, 5) is 20.8. The number of rotatable bonds is 3. The molecule has 0 unspecified atom stereocenters. The highest BCUT2D eigenvalue weighted by atomic mass is 16.5. The highest BCUT2D eigenvalue weighted by Crippen LogP contribution is 2.29. The van der Waals surface area contributed by atoms with E-state index in [1.165, 1.54) is 5.56 Å². The Morgan fingerprint density at radius 3 is 2.70 bits per heavy atom. The number of aromatic nitrogens is 1. The summed E-state index contributed by atoms with van der Waals surface area (Å²) in [6.45, 7) is 2.93. The van der Waals surface area contributed by atoms with Crippen LogP contribution in [0, 0.1) is 0 Å². The molecule has 3 aromatic rings. The minimum absolute atomic E-state index is 0.101. The first kappa shape index (κ1) is 23.0. The molecule has 0 saturated carbocycles. The molecule has 2 aromatic carbocycles. The van der Waals surface area contributed by atoms with Gasteiger partial charge in [0.25, 0.3) is 0 Å². The van der Waals surface area contributed by atoms with Gasteiger partial charge in [0, 0.05) is 37.5 Å². The first-order valence-electron chi connectivity index (χ1n) is 11.3. The monoisotopic (exact) mass is 445 g/mol. The standard InChI is InChI=1S/C27H31N3O3/c1-29(2)20-27(31)30-11-12-32-13-14-33-26-9-8-23(24-7-4-10-28-18-24)17-25(26)16-21-5-3-6-22(15-21)19-30/h3-10,15,17-18H,11-14,16,19-20H2,1-2H3. The molecule has 33 heavy (non-hydrogen) atoms. The second-order valence-corrected chi connectivity index (χ2v) is 8.57. The maximum atomic E-state index is 12.8. The van der Waals surface area contributed by atoms with E-state index in [2.05, 4.69) is 47.4 Å². The van der Waals surface area contributed by atoms with E-state index in [0.29, 0.717) is 39.5 Å². The van der Waals surface area contributed by atoms with Gasteiger partial charge in [-0.15, -0.1) is 0 Å². The van der Waals surface area contributed by atoms with Crippen LogP contribution < -0.4 is 4.74 Å². The number of benzene rings is 2. The highest BCUT2D eigenvalue weighted by molar-refractivity contribution is 5.78. The molecular weight excluding hydrogens is 414 g/mol. The topological polar surface area (TPSA) is 54.9 Å². The van der Waals surface area contributed by atoms with E-state index in [1.807, 2.05) is 42.2 Å². The van der Waals surface area contributed by atoms with Crippen molar-refractivity contribution in [2.75, 3.05) is 47.0 Å². The SMILES string of the molecule is CN(C)CC(=O)N1CCOCCOc2ccc(-c3cccnc3)cc2Cc2cccc(c2)C1. The van der Waals surface area contributed by atoms with Crippen LogP contribution in [0.4, 0.5) is 0 Å². The molecule has 6 heteroatoms. The lowest BCUT2D eigenvalue weighted by atomic mass is 9.98. The van der Waals surface area contributed by atoms with Crippen molar-refractivity contribution in [1.29, 1.82) is 0 Å². The van der Waals surface area contributed by atoms with Gasteiger partial charge in [0.1, 0.15) is 12.4 Å². The number of carbonyl (C=O) groups is 1. The van der Waals surface area contributed by atoms with Gasteiger partial charge in [0.05, 0.1) is 19.8 Å². The number of hydrogen-bond acceptors (Lipinski definition) is 5. The summed E-state index contributed by atoms with van der Waals surface area (Å²) in [6.07, 6.45) is 4.40. The van der Waals surface area contributed by atoms with Gasteiger partial charge in [-0.25, -0.2) is 0 Å². The highest BCUT2D eigenvalue weighted by Gasteiger charge is 2.16. The molecule has 0 atom stereocenters. The molecule has 0 radical (unpaired) electrons. The Hall–Kier alpha value is -3.22. The summed E-state index contributed by atoms with van der Waals surface area (Å²) < 4.78 is 11.9. The molecule has 0 aliphatic carbocycles. The number of fused-ring (bicyclic) bond motifs is 3. The van der Waals surface area contributed by atoms with Crippen LogP contribution in [0.5, 0.6) is 5.75 Å². The van der Waals surface area contributed by atoms with Crippen LogP contribution >= 0.6 is 0 Å². The Morgan fingerprint density at radius 1 is 1.00 bits per heavy atom. The first-order chi connectivity index (χ1) is 16.1. The molecule has 172 valence electrons. The van der Waals surface area contributed by atoms with Crippen molar-refractivity contribution in [1.82, 2.24) is 14.8 Å². The van der Waals surface area contributed by atoms with E-state index in [0.717, 1.165) is 34.4 Å². The molecule has 1 aromatic heterocycles. The van der Waals surface area contributed by atoms with Crippen LogP contribution in [0.2, 0.25) is 0 Å². The van der Waals surface area contributed by atoms with Gasteiger partial charge >= 0.3 is 0 Å². The molecule has 0 N–H and O–H groups in total.